The number of carbonyl (C=O) groups is 3. The van der Waals surface area contributed by atoms with Gasteiger partial charge in [0.15, 0.2) is 5.69 Å². The first-order valence-corrected chi connectivity index (χ1v) is 17.9. The molecular weight excluding hydrogens is 693 g/mol. The smallest absolute Gasteiger partial charge is 0.357 e. The van der Waals surface area contributed by atoms with Gasteiger partial charge in [-0.1, -0.05) is 53.2 Å². The number of ether oxygens (including phenoxy) is 1. The van der Waals surface area contributed by atoms with E-state index in [4.69, 9.17) is 38.2 Å². The Morgan fingerprint density at radius 3 is 2.35 bits per heavy atom. The molecule has 3 aromatic carbocycles. The maximum atomic E-state index is 12.7. The zero-order valence-electron chi connectivity index (χ0n) is 26.2. The number of esters is 1. The number of hydrogen-bond donors (Lipinski definition) is 2. The standard InChI is InChI=1S/C31H29Cl2N3O2S2.C4H4O4/c1-3-38-31(37)25-18-27(30-23(33)15-20(32)16-24(30)34-25)36-12-10-35(11-13-36)26-14-19-6-4-5-7-28(19)40-29-9-8-21(39-2)17-22(26)29;5-3(6)1-2-4(7)8/h4-9,15-18,26H,3,10-14H2,1-2H3;1-2H,(H,5,6)(H,7,8)/b;2-1-. The number of aliphatic carboxylic acids is 2. The molecule has 0 spiro atoms. The lowest BCUT2D eigenvalue weighted by Crippen LogP contribution is -2.48. The summed E-state index contributed by atoms with van der Waals surface area (Å²) in [6.45, 7) is 5.42. The van der Waals surface area contributed by atoms with Crippen LogP contribution in [0, 0.1) is 0 Å². The van der Waals surface area contributed by atoms with Crippen molar-refractivity contribution in [3.05, 3.63) is 99.7 Å². The predicted molar refractivity (Wildman–Crippen MR) is 191 cm³/mol. The highest BCUT2D eigenvalue weighted by Crippen LogP contribution is 2.44. The Morgan fingerprint density at radius 1 is 0.979 bits per heavy atom. The highest BCUT2D eigenvalue weighted by atomic mass is 35.5. The van der Waals surface area contributed by atoms with Gasteiger partial charge in [0.25, 0.3) is 0 Å². The fraction of sp³-hybridized carbons (Fsp3) is 0.257. The molecule has 0 aliphatic carbocycles. The molecule has 1 atom stereocenters. The van der Waals surface area contributed by atoms with Crippen molar-refractivity contribution in [2.75, 3.05) is 43.9 Å². The topological polar surface area (TPSA) is 120 Å². The predicted octanol–water partition coefficient (Wildman–Crippen LogP) is 7.72. The van der Waals surface area contributed by atoms with Crippen LogP contribution in [0.4, 0.5) is 5.69 Å². The number of pyridine rings is 1. The average Bonchev–Trinajstić information content (AvgIpc) is 3.23. The molecule has 1 aromatic heterocycles. The number of carbonyl (C=O) groups excluding carboxylic acids is 1. The van der Waals surface area contributed by atoms with E-state index >= 15 is 0 Å². The summed E-state index contributed by atoms with van der Waals surface area (Å²) in [5.74, 6) is -2.96. The maximum absolute atomic E-state index is 12.7. The molecule has 2 aliphatic heterocycles. The molecule has 0 radical (unpaired) electrons. The summed E-state index contributed by atoms with van der Waals surface area (Å²) in [6, 6.07) is 21.2. The monoisotopic (exact) mass is 725 g/mol. The van der Waals surface area contributed by atoms with E-state index in [1.807, 2.05) is 17.8 Å². The molecule has 9 nitrogen and oxygen atoms in total. The van der Waals surface area contributed by atoms with Gasteiger partial charge in [0.2, 0.25) is 0 Å². The van der Waals surface area contributed by atoms with E-state index < -0.39 is 17.9 Å². The summed E-state index contributed by atoms with van der Waals surface area (Å²) in [7, 11) is 0. The second-order valence-electron chi connectivity index (χ2n) is 10.9. The van der Waals surface area contributed by atoms with Gasteiger partial charge in [0, 0.05) is 69.5 Å². The molecule has 2 aliphatic rings. The lowest BCUT2D eigenvalue weighted by Gasteiger charge is -2.41. The third kappa shape index (κ3) is 8.45. The number of fused-ring (bicyclic) bond motifs is 3. The van der Waals surface area contributed by atoms with Gasteiger partial charge >= 0.3 is 17.9 Å². The van der Waals surface area contributed by atoms with Crippen molar-refractivity contribution in [1.29, 1.82) is 0 Å². The van der Waals surface area contributed by atoms with E-state index in [-0.39, 0.29) is 18.3 Å². The van der Waals surface area contributed by atoms with Crippen LogP contribution in [0.25, 0.3) is 10.9 Å². The molecule has 6 rings (SSSR count). The summed E-state index contributed by atoms with van der Waals surface area (Å²) in [5.41, 5.74) is 4.54. The number of piperazine rings is 1. The van der Waals surface area contributed by atoms with Crippen molar-refractivity contribution in [1.82, 2.24) is 9.88 Å². The lowest BCUT2D eigenvalue weighted by molar-refractivity contribution is -0.134. The van der Waals surface area contributed by atoms with Crippen LogP contribution < -0.4 is 4.90 Å². The molecule has 250 valence electrons. The number of aromatic nitrogens is 1. The Balaban J connectivity index is 0.000000503. The van der Waals surface area contributed by atoms with Crippen LogP contribution in [0.3, 0.4) is 0 Å². The van der Waals surface area contributed by atoms with E-state index in [1.165, 1.54) is 25.8 Å². The molecule has 2 N–H and O–H groups in total. The second kappa shape index (κ2) is 16.1. The summed E-state index contributed by atoms with van der Waals surface area (Å²) >= 11 is 16.7. The van der Waals surface area contributed by atoms with E-state index in [1.54, 1.807) is 30.8 Å². The molecule has 4 aromatic rings. The SMILES string of the molecule is CCOC(=O)c1cc(N2CCN(C3Cc4ccccc4Sc4ccc(SC)cc43)CC2)c2c(Cl)cc(Cl)cc2n1.O=C(O)/C=C\C(=O)O. The Bertz CT molecular complexity index is 1870. The maximum Gasteiger partial charge on any atom is 0.357 e. The van der Waals surface area contributed by atoms with Gasteiger partial charge in [-0.25, -0.2) is 19.4 Å². The van der Waals surface area contributed by atoms with Crippen LogP contribution in [-0.4, -0.2) is 77.0 Å². The molecule has 1 saturated heterocycles. The Hall–Kier alpha value is -3.74. The normalized spacial score (nSPS) is 16.0. The Kier molecular flexibility index (Phi) is 11.9. The number of carboxylic acid groups (broad SMARTS) is 2. The van der Waals surface area contributed by atoms with Gasteiger partial charge in [-0.15, -0.1) is 11.8 Å². The van der Waals surface area contributed by atoms with Crippen LogP contribution in [0.5, 0.6) is 0 Å². The van der Waals surface area contributed by atoms with Crippen molar-refractivity contribution in [3.63, 3.8) is 0 Å². The number of nitrogens with zero attached hydrogens (tertiary/aromatic N) is 3. The van der Waals surface area contributed by atoms with Crippen molar-refractivity contribution >= 4 is 81.2 Å². The van der Waals surface area contributed by atoms with E-state index in [9.17, 15) is 14.4 Å². The van der Waals surface area contributed by atoms with E-state index in [0.29, 0.717) is 27.7 Å². The zero-order valence-corrected chi connectivity index (χ0v) is 29.3. The quantitative estimate of drug-likeness (QED) is 0.111. The Labute approximate surface area is 296 Å². The van der Waals surface area contributed by atoms with Gasteiger partial charge < -0.3 is 19.8 Å². The molecule has 3 heterocycles. The fourth-order valence-corrected chi connectivity index (χ4v) is 7.93. The average molecular weight is 727 g/mol. The number of thioether (sulfide) groups is 1. The molecule has 48 heavy (non-hydrogen) atoms. The van der Waals surface area contributed by atoms with Crippen LogP contribution in [-0.2, 0) is 20.7 Å². The third-order valence-electron chi connectivity index (χ3n) is 7.94. The van der Waals surface area contributed by atoms with Gasteiger partial charge in [-0.2, -0.15) is 0 Å². The highest BCUT2D eigenvalue weighted by Gasteiger charge is 2.31. The number of anilines is 1. The van der Waals surface area contributed by atoms with Crippen LogP contribution in [0.2, 0.25) is 10.0 Å². The van der Waals surface area contributed by atoms with Gasteiger partial charge in [0.05, 0.1) is 22.8 Å². The second-order valence-corrected chi connectivity index (χ2v) is 13.7. The minimum atomic E-state index is -1.26. The first kappa shape index (κ1) is 35.6. The minimum Gasteiger partial charge on any atom is -0.478 e. The molecule has 0 saturated carbocycles. The zero-order chi connectivity index (χ0) is 34.4. The molecule has 0 bridgehead atoms. The Morgan fingerprint density at radius 2 is 1.69 bits per heavy atom. The fourth-order valence-electron chi connectivity index (χ4n) is 5.78. The van der Waals surface area contributed by atoms with Crippen molar-refractivity contribution in [3.8, 4) is 0 Å². The van der Waals surface area contributed by atoms with Gasteiger partial charge in [-0.3, -0.25) is 4.90 Å². The summed E-state index contributed by atoms with van der Waals surface area (Å²) in [6.07, 6.45) is 4.23. The molecule has 0 amide bonds. The largest absolute Gasteiger partial charge is 0.478 e. The molecular formula is C35H33Cl2N3O6S2. The summed E-state index contributed by atoms with van der Waals surface area (Å²) < 4.78 is 5.27. The number of rotatable bonds is 7. The van der Waals surface area contributed by atoms with Crippen molar-refractivity contribution in [2.24, 2.45) is 0 Å². The summed E-state index contributed by atoms with van der Waals surface area (Å²) in [4.78, 5) is 45.2. The number of benzene rings is 3. The number of carboxylic acids is 2. The highest BCUT2D eigenvalue weighted by molar-refractivity contribution is 7.99. The first-order chi connectivity index (χ1) is 23.1. The number of hydrogen-bond acceptors (Lipinski definition) is 9. The lowest BCUT2D eigenvalue weighted by atomic mass is 9.96. The minimum absolute atomic E-state index is 0.265. The number of halogens is 2. The van der Waals surface area contributed by atoms with Crippen LogP contribution in [0.15, 0.2) is 87.5 Å². The van der Waals surface area contributed by atoms with E-state index in [0.717, 1.165) is 43.7 Å². The molecule has 1 unspecified atom stereocenters. The summed E-state index contributed by atoms with van der Waals surface area (Å²) in [5, 5.41) is 17.4. The first-order valence-electron chi connectivity index (χ1n) is 15.1. The third-order valence-corrected chi connectivity index (χ3v) is 10.4. The van der Waals surface area contributed by atoms with Crippen LogP contribution >= 0.6 is 46.7 Å². The van der Waals surface area contributed by atoms with Gasteiger partial charge in [0.1, 0.15) is 0 Å². The van der Waals surface area contributed by atoms with E-state index in [2.05, 4.69) is 63.5 Å². The van der Waals surface area contributed by atoms with Crippen molar-refractivity contribution in [2.45, 2.75) is 34.1 Å². The van der Waals surface area contributed by atoms with Crippen molar-refractivity contribution < 1.29 is 29.3 Å². The molecule has 13 heteroatoms. The van der Waals surface area contributed by atoms with Gasteiger partial charge in [-0.05, 0) is 73.2 Å². The molecule has 1 fully saturated rings. The van der Waals surface area contributed by atoms with Crippen LogP contribution in [0.1, 0.15) is 34.6 Å².